The third-order valence-electron chi connectivity index (χ3n) is 4.53. The van der Waals surface area contributed by atoms with Crippen molar-refractivity contribution in [3.05, 3.63) is 35.4 Å². The molecule has 0 saturated carbocycles. The van der Waals surface area contributed by atoms with Crippen LogP contribution in [0.4, 0.5) is 52.7 Å². The van der Waals surface area contributed by atoms with Crippen LogP contribution < -0.4 is 0 Å². The van der Waals surface area contributed by atoms with Crippen molar-refractivity contribution in [2.24, 2.45) is 0 Å². The predicted octanol–water partition coefficient (Wildman–Crippen LogP) is 4.88. The number of aliphatic hydroxyl groups is 2. The Hall–Kier alpha value is -2.62. The van der Waals surface area contributed by atoms with E-state index in [0.29, 0.717) is 0 Å². The zero-order valence-electron chi connectivity index (χ0n) is 14.6. The highest BCUT2D eigenvalue weighted by Gasteiger charge is 2.73. The molecule has 0 amide bonds. The number of fused-ring (bicyclic) bond motifs is 1. The molecule has 0 atom stereocenters. The molecular weight excluding hydrogens is 484 g/mol. The lowest BCUT2D eigenvalue weighted by molar-refractivity contribution is -0.376. The maximum Gasteiger partial charge on any atom is 0.430 e. The van der Waals surface area contributed by atoms with Crippen molar-refractivity contribution in [2.45, 2.75) is 35.9 Å². The Kier molecular flexibility index (Phi) is 5.56. The molecule has 180 valence electrons. The summed E-state index contributed by atoms with van der Waals surface area (Å²) in [5.41, 5.74) is -16.4. The number of benzene rings is 2. The molecule has 0 bridgehead atoms. The number of rotatable bonds is 2. The van der Waals surface area contributed by atoms with Gasteiger partial charge in [0, 0.05) is 16.5 Å². The lowest BCUT2D eigenvalue weighted by Gasteiger charge is -2.34. The highest BCUT2D eigenvalue weighted by atomic mass is 19.4. The van der Waals surface area contributed by atoms with Gasteiger partial charge in [0.2, 0.25) is 0 Å². The van der Waals surface area contributed by atoms with Gasteiger partial charge >= 0.3 is 24.7 Å². The first-order valence-corrected chi connectivity index (χ1v) is 7.73. The Bertz CT molecular complexity index is 1000. The molecule has 32 heavy (non-hydrogen) atoms. The van der Waals surface area contributed by atoms with Crippen molar-refractivity contribution in [2.75, 3.05) is 0 Å². The van der Waals surface area contributed by atoms with Crippen LogP contribution in [0.25, 0.3) is 10.8 Å². The van der Waals surface area contributed by atoms with Gasteiger partial charge < -0.3 is 20.4 Å². The SMILES string of the molecule is Oc1cc2ccc(C(O)(C(F)(F)F)C(F)(F)F)c(O)c2cc1C(O)(C(F)(F)F)C(F)(F)F. The minimum atomic E-state index is -6.58. The van der Waals surface area contributed by atoms with Crippen molar-refractivity contribution in [3.63, 3.8) is 0 Å². The van der Waals surface area contributed by atoms with E-state index in [2.05, 4.69) is 0 Å². The van der Waals surface area contributed by atoms with Crippen LogP contribution in [0, 0.1) is 0 Å². The lowest BCUT2D eigenvalue weighted by atomic mass is 9.86. The number of hydrogen-bond donors (Lipinski definition) is 4. The summed E-state index contributed by atoms with van der Waals surface area (Å²) in [5.74, 6) is -4.10. The first kappa shape index (κ1) is 25.6. The first-order chi connectivity index (χ1) is 14.0. The van der Waals surface area contributed by atoms with Gasteiger partial charge in [0.05, 0.1) is 0 Å². The zero-order valence-corrected chi connectivity index (χ0v) is 14.6. The van der Waals surface area contributed by atoms with Gasteiger partial charge in [0.25, 0.3) is 11.2 Å². The average Bonchev–Trinajstić information content (AvgIpc) is 2.56. The Labute approximate surface area is 167 Å². The van der Waals surface area contributed by atoms with Crippen molar-refractivity contribution in [1.29, 1.82) is 0 Å². The Morgan fingerprint density at radius 1 is 0.531 bits per heavy atom. The fraction of sp³-hybridized carbons (Fsp3) is 0.375. The molecule has 16 heteroatoms. The van der Waals surface area contributed by atoms with Crippen LogP contribution in [0.15, 0.2) is 24.3 Å². The number of halogens is 12. The smallest absolute Gasteiger partial charge is 0.430 e. The van der Waals surface area contributed by atoms with Crippen molar-refractivity contribution in [1.82, 2.24) is 0 Å². The van der Waals surface area contributed by atoms with Gasteiger partial charge in [-0.25, -0.2) is 0 Å². The first-order valence-electron chi connectivity index (χ1n) is 7.73. The molecule has 4 N–H and O–H groups in total. The highest BCUT2D eigenvalue weighted by Crippen LogP contribution is 2.56. The normalized spacial score (nSPS) is 14.8. The van der Waals surface area contributed by atoms with E-state index >= 15 is 0 Å². The third-order valence-corrected chi connectivity index (χ3v) is 4.53. The molecule has 4 nitrogen and oxygen atoms in total. The van der Waals surface area contributed by atoms with Crippen LogP contribution in [0.3, 0.4) is 0 Å². The molecule has 0 aliphatic rings. The summed E-state index contributed by atoms with van der Waals surface area (Å²) < 4.78 is 157. The average molecular weight is 492 g/mol. The van der Waals surface area contributed by atoms with E-state index in [1.54, 1.807) is 0 Å². The second kappa shape index (κ2) is 6.94. The van der Waals surface area contributed by atoms with Gasteiger partial charge in [-0.1, -0.05) is 12.1 Å². The number of hydrogen-bond acceptors (Lipinski definition) is 4. The molecule has 0 unspecified atom stereocenters. The predicted molar refractivity (Wildman–Crippen MR) is 79.3 cm³/mol. The summed E-state index contributed by atoms with van der Waals surface area (Å²) in [4.78, 5) is 0. The molecule has 2 aromatic carbocycles. The summed E-state index contributed by atoms with van der Waals surface area (Å²) in [7, 11) is 0. The monoisotopic (exact) mass is 492 g/mol. The van der Waals surface area contributed by atoms with Crippen molar-refractivity contribution < 1.29 is 73.1 Å². The molecule has 0 radical (unpaired) electrons. The molecule has 2 rings (SSSR count). The molecule has 0 heterocycles. The molecule has 0 aliphatic carbocycles. The summed E-state index contributed by atoms with van der Waals surface area (Å²) in [6.07, 6.45) is -26.3. The fourth-order valence-corrected chi connectivity index (χ4v) is 2.86. The van der Waals surface area contributed by atoms with Crippen LogP contribution in [-0.4, -0.2) is 45.1 Å². The van der Waals surface area contributed by atoms with Gasteiger partial charge in [-0.15, -0.1) is 0 Å². The van der Waals surface area contributed by atoms with E-state index in [1.807, 2.05) is 0 Å². The maximum atomic E-state index is 13.1. The fourth-order valence-electron chi connectivity index (χ4n) is 2.86. The van der Waals surface area contributed by atoms with E-state index in [9.17, 15) is 73.1 Å². The summed E-state index contributed by atoms with van der Waals surface area (Å²) in [5, 5.41) is 35.9. The third kappa shape index (κ3) is 3.44. The Balaban J connectivity index is 3.01. The molecule has 0 fully saturated rings. The van der Waals surface area contributed by atoms with E-state index in [1.165, 1.54) is 0 Å². The van der Waals surface area contributed by atoms with E-state index in [0.717, 1.165) is 0 Å². The molecule has 2 aromatic rings. The van der Waals surface area contributed by atoms with Gasteiger partial charge in [0.15, 0.2) is 0 Å². The molecule has 0 aromatic heterocycles. The number of alkyl halides is 12. The Morgan fingerprint density at radius 2 is 0.906 bits per heavy atom. The minimum absolute atomic E-state index is 0.0247. The highest BCUT2D eigenvalue weighted by molar-refractivity contribution is 5.92. The van der Waals surface area contributed by atoms with Crippen molar-refractivity contribution >= 4 is 10.8 Å². The summed E-state index contributed by atoms with van der Waals surface area (Å²) >= 11 is 0. The van der Waals surface area contributed by atoms with Crippen LogP contribution in [0.2, 0.25) is 0 Å². The van der Waals surface area contributed by atoms with E-state index in [4.69, 9.17) is 0 Å². The molecule has 0 aliphatic heterocycles. The Morgan fingerprint density at radius 3 is 1.28 bits per heavy atom. The summed E-state index contributed by atoms with van der Waals surface area (Å²) in [6.45, 7) is 0. The zero-order chi connectivity index (χ0) is 25.3. The van der Waals surface area contributed by atoms with Crippen LogP contribution in [0.1, 0.15) is 11.1 Å². The minimum Gasteiger partial charge on any atom is -0.508 e. The molecule has 0 saturated heterocycles. The number of aromatic hydroxyl groups is 2. The maximum absolute atomic E-state index is 13.1. The molecule has 0 spiro atoms. The van der Waals surface area contributed by atoms with Crippen LogP contribution in [-0.2, 0) is 11.2 Å². The van der Waals surface area contributed by atoms with Gasteiger partial charge in [-0.2, -0.15) is 52.7 Å². The van der Waals surface area contributed by atoms with Crippen LogP contribution >= 0.6 is 0 Å². The largest absolute Gasteiger partial charge is 0.508 e. The topological polar surface area (TPSA) is 80.9 Å². The van der Waals surface area contributed by atoms with E-state index in [-0.39, 0.29) is 18.2 Å². The lowest BCUT2D eigenvalue weighted by Crippen LogP contribution is -2.54. The standard InChI is InChI=1S/C16H8F12O4/c17-13(18,19)11(31,14(20,21)22)7-2-1-5-3-9(29)8(4-6(5)10(7)30)12(32,15(23,24)25)16(26,27)28/h1-4,29-32H. The number of phenolic OH excluding ortho intramolecular Hbond substituents is 2. The van der Waals surface area contributed by atoms with Crippen molar-refractivity contribution in [3.8, 4) is 11.5 Å². The second-order valence-corrected chi connectivity index (χ2v) is 6.46. The molecular formula is C16H8F12O4. The van der Waals surface area contributed by atoms with Gasteiger partial charge in [0.1, 0.15) is 11.5 Å². The quantitative estimate of drug-likeness (QED) is 0.451. The second-order valence-electron chi connectivity index (χ2n) is 6.46. The van der Waals surface area contributed by atoms with E-state index < -0.39 is 75.4 Å². The van der Waals surface area contributed by atoms with Gasteiger partial charge in [-0.3, -0.25) is 0 Å². The number of phenols is 2. The summed E-state index contributed by atoms with van der Waals surface area (Å²) in [6, 6.07) is -0.359. The van der Waals surface area contributed by atoms with Gasteiger partial charge in [-0.05, 0) is 17.5 Å². The van der Waals surface area contributed by atoms with Crippen LogP contribution in [0.5, 0.6) is 11.5 Å².